The lowest BCUT2D eigenvalue weighted by Gasteiger charge is -2.27. The van der Waals surface area contributed by atoms with Crippen molar-refractivity contribution in [1.82, 2.24) is 25.1 Å². The Morgan fingerprint density at radius 1 is 1.02 bits per heavy atom. The number of rotatable bonds is 11. The van der Waals surface area contributed by atoms with Crippen LogP contribution in [-0.4, -0.2) is 63.9 Å². The van der Waals surface area contributed by atoms with Gasteiger partial charge in [-0.25, -0.2) is 9.18 Å². The Morgan fingerprint density at radius 2 is 1.73 bits per heavy atom. The number of nitrogens with one attached hydrogen (secondary N) is 2. The van der Waals surface area contributed by atoms with E-state index in [0.29, 0.717) is 51.0 Å². The summed E-state index contributed by atoms with van der Waals surface area (Å²) >= 11 is 0. The van der Waals surface area contributed by atoms with E-state index in [1.165, 1.54) is 6.07 Å². The van der Waals surface area contributed by atoms with Crippen LogP contribution < -0.4 is 15.0 Å². The molecule has 1 saturated carbocycles. The molecule has 258 valence electrons. The van der Waals surface area contributed by atoms with Gasteiger partial charge >= 0.3 is 5.97 Å². The summed E-state index contributed by atoms with van der Waals surface area (Å²) in [6, 6.07) is 10.4. The molecule has 3 aromatic carbocycles. The van der Waals surface area contributed by atoms with E-state index in [9.17, 15) is 9.59 Å². The third kappa shape index (κ3) is 7.46. The van der Waals surface area contributed by atoms with Crippen molar-refractivity contribution < 1.29 is 23.4 Å². The van der Waals surface area contributed by atoms with Gasteiger partial charge in [0.15, 0.2) is 5.75 Å². The summed E-state index contributed by atoms with van der Waals surface area (Å²) in [5.74, 6) is -0.277. The molecule has 5 aromatic rings. The second-order valence-electron chi connectivity index (χ2n) is 15.1. The van der Waals surface area contributed by atoms with Crippen molar-refractivity contribution in [3.8, 4) is 22.9 Å². The van der Waals surface area contributed by atoms with Crippen LogP contribution in [0, 0.1) is 18.2 Å². The van der Waals surface area contributed by atoms with Gasteiger partial charge in [0.2, 0.25) is 0 Å². The van der Waals surface area contributed by atoms with Gasteiger partial charge in [0.1, 0.15) is 23.5 Å². The predicted octanol–water partition coefficient (Wildman–Crippen LogP) is 7.29. The Kier molecular flexibility index (Phi) is 9.00. The van der Waals surface area contributed by atoms with Crippen LogP contribution in [0.3, 0.4) is 0 Å². The number of hydrogen-bond acceptors (Lipinski definition) is 8. The minimum atomic E-state index is -0.617. The average molecular weight is 670 g/mol. The molecule has 0 aliphatic heterocycles. The first-order valence-corrected chi connectivity index (χ1v) is 16.6. The van der Waals surface area contributed by atoms with Crippen LogP contribution in [0.4, 0.5) is 4.39 Å². The molecule has 0 saturated heterocycles. The lowest BCUT2D eigenvalue weighted by molar-refractivity contribution is 0.00694. The lowest BCUT2D eigenvalue weighted by atomic mass is 9.89. The Balaban J connectivity index is 1.49. The van der Waals surface area contributed by atoms with Gasteiger partial charge in [0, 0.05) is 28.5 Å². The van der Waals surface area contributed by atoms with Crippen LogP contribution in [0.25, 0.3) is 32.9 Å². The SMILES string of the molecule is Cc1c(F)cc2[nH]ncc2c1-c1c(C2CC2)cc2c(=O)[nH]c(OCC(C)(C)CN(C)C)nc2c1OCc1ccc(C(=O)OC(C)(C)C)cc1. The molecule has 0 atom stereocenters. The molecule has 6 rings (SSSR count). The number of esters is 1. The van der Waals surface area contributed by atoms with Crippen molar-refractivity contribution in [2.45, 2.75) is 72.5 Å². The van der Waals surface area contributed by atoms with Crippen molar-refractivity contribution >= 4 is 27.8 Å². The highest BCUT2D eigenvalue weighted by Gasteiger charge is 2.33. The summed E-state index contributed by atoms with van der Waals surface area (Å²) in [5.41, 5.74) is 3.52. The van der Waals surface area contributed by atoms with E-state index in [4.69, 9.17) is 19.2 Å². The predicted molar refractivity (Wildman–Crippen MR) is 188 cm³/mol. The maximum Gasteiger partial charge on any atom is 0.338 e. The van der Waals surface area contributed by atoms with E-state index >= 15 is 4.39 Å². The largest absolute Gasteiger partial charge is 0.486 e. The summed E-state index contributed by atoms with van der Waals surface area (Å²) < 4.78 is 33.8. The molecule has 0 bridgehead atoms. The molecular weight excluding hydrogens is 625 g/mol. The molecule has 1 fully saturated rings. The number of hydrogen-bond donors (Lipinski definition) is 2. The van der Waals surface area contributed by atoms with Gasteiger partial charge in [0.25, 0.3) is 11.6 Å². The standard InChI is InChI=1S/C38H44FN5O5/c1-21-28(39)16-29-27(17-40-43-29)30(21)31-25(23-13-14-23)15-26-32(41-36(42-34(26)45)48-20-38(5,6)19-44(7)8)33(31)47-18-22-9-11-24(12-10-22)35(46)49-37(2,3)4/h9-12,15-17,23H,13-14,18-20H2,1-8H3,(H,40,43)(H,41,42,45). The van der Waals surface area contributed by atoms with Gasteiger partial charge < -0.3 is 19.1 Å². The molecular formula is C38H44FN5O5. The third-order valence-corrected chi connectivity index (χ3v) is 8.49. The molecule has 49 heavy (non-hydrogen) atoms. The Bertz CT molecular complexity index is 2090. The van der Waals surface area contributed by atoms with Gasteiger partial charge in [-0.3, -0.25) is 14.9 Å². The molecule has 0 radical (unpaired) electrons. The van der Waals surface area contributed by atoms with Crippen molar-refractivity contribution in [2.24, 2.45) is 5.41 Å². The van der Waals surface area contributed by atoms with Crippen LogP contribution in [-0.2, 0) is 11.3 Å². The topological polar surface area (TPSA) is 122 Å². The Labute approximate surface area is 285 Å². The van der Waals surface area contributed by atoms with E-state index in [2.05, 4.69) is 33.9 Å². The number of aromatic nitrogens is 4. The summed E-state index contributed by atoms with van der Waals surface area (Å²) in [6.45, 7) is 12.5. The molecule has 2 aromatic heterocycles. The minimum Gasteiger partial charge on any atom is -0.486 e. The fraction of sp³-hybridized carbons (Fsp3) is 0.421. The molecule has 0 spiro atoms. The molecule has 10 nitrogen and oxygen atoms in total. The van der Waals surface area contributed by atoms with Crippen LogP contribution in [0.15, 0.2) is 47.4 Å². The van der Waals surface area contributed by atoms with Crippen LogP contribution >= 0.6 is 0 Å². The van der Waals surface area contributed by atoms with Crippen LogP contribution in [0.1, 0.15) is 80.4 Å². The number of fused-ring (bicyclic) bond motifs is 2. The molecule has 2 N–H and O–H groups in total. The summed E-state index contributed by atoms with van der Waals surface area (Å²) in [5, 5.41) is 8.22. The zero-order valence-electron chi connectivity index (χ0n) is 29.4. The van der Waals surface area contributed by atoms with Crippen LogP contribution in [0.2, 0.25) is 0 Å². The fourth-order valence-corrected chi connectivity index (χ4v) is 6.31. The van der Waals surface area contributed by atoms with Crippen LogP contribution in [0.5, 0.6) is 11.8 Å². The lowest BCUT2D eigenvalue weighted by Crippen LogP contribution is -2.34. The smallest absolute Gasteiger partial charge is 0.338 e. The zero-order valence-corrected chi connectivity index (χ0v) is 29.4. The van der Waals surface area contributed by atoms with E-state index in [0.717, 1.165) is 35.9 Å². The summed E-state index contributed by atoms with van der Waals surface area (Å²) in [7, 11) is 3.99. The quantitative estimate of drug-likeness (QED) is 0.141. The van der Waals surface area contributed by atoms with E-state index in [-0.39, 0.29) is 35.3 Å². The number of benzene rings is 3. The van der Waals surface area contributed by atoms with E-state index in [1.807, 2.05) is 40.9 Å². The van der Waals surface area contributed by atoms with Crippen molar-refractivity contribution in [2.75, 3.05) is 27.2 Å². The normalized spacial score (nSPS) is 13.8. The van der Waals surface area contributed by atoms with Crippen molar-refractivity contribution in [3.05, 3.63) is 81.0 Å². The second-order valence-corrected chi connectivity index (χ2v) is 15.1. The molecule has 1 aliphatic rings. The summed E-state index contributed by atoms with van der Waals surface area (Å²) in [6.07, 6.45) is 3.55. The average Bonchev–Trinajstić information content (AvgIpc) is 3.76. The second kappa shape index (κ2) is 12.9. The highest BCUT2D eigenvalue weighted by atomic mass is 19.1. The first kappa shape index (κ1) is 34.1. The van der Waals surface area contributed by atoms with Gasteiger partial charge in [-0.2, -0.15) is 10.1 Å². The monoisotopic (exact) mass is 669 g/mol. The number of nitrogens with zero attached hydrogens (tertiary/aromatic N) is 3. The van der Waals surface area contributed by atoms with Gasteiger partial charge in [0.05, 0.1) is 29.3 Å². The maximum atomic E-state index is 15.5. The maximum absolute atomic E-state index is 15.5. The van der Waals surface area contributed by atoms with E-state index in [1.54, 1.807) is 37.4 Å². The number of carbonyl (C=O) groups is 1. The highest BCUT2D eigenvalue weighted by molar-refractivity contribution is 6.03. The third-order valence-electron chi connectivity index (χ3n) is 8.49. The van der Waals surface area contributed by atoms with Gasteiger partial charge in [-0.1, -0.05) is 26.0 Å². The number of halogens is 1. The van der Waals surface area contributed by atoms with E-state index < -0.39 is 11.6 Å². The minimum absolute atomic E-state index is 0.0745. The molecule has 1 aliphatic carbocycles. The molecule has 0 amide bonds. The number of H-pyrrole nitrogens is 2. The highest BCUT2D eigenvalue weighted by Crippen LogP contribution is 2.51. The van der Waals surface area contributed by atoms with Gasteiger partial charge in [-0.15, -0.1) is 0 Å². The summed E-state index contributed by atoms with van der Waals surface area (Å²) in [4.78, 5) is 36.1. The van der Waals surface area contributed by atoms with Crippen molar-refractivity contribution in [3.63, 3.8) is 0 Å². The number of carbonyl (C=O) groups excluding carboxylic acids is 1. The Hall–Kier alpha value is -4.77. The molecule has 11 heteroatoms. The zero-order chi connectivity index (χ0) is 35.2. The molecule has 0 unspecified atom stereocenters. The number of aromatic amines is 2. The first-order valence-electron chi connectivity index (χ1n) is 16.6. The van der Waals surface area contributed by atoms with Gasteiger partial charge in [-0.05, 0) is 102 Å². The molecule has 2 heterocycles. The van der Waals surface area contributed by atoms with Crippen molar-refractivity contribution in [1.29, 1.82) is 0 Å². The Morgan fingerprint density at radius 3 is 2.39 bits per heavy atom. The fourth-order valence-electron chi connectivity index (χ4n) is 6.31. The number of ether oxygens (including phenoxy) is 3. The first-order chi connectivity index (χ1) is 23.1.